The number of rotatable bonds is 8. The molecular weight excluding hydrogens is 269 g/mol. The van der Waals surface area contributed by atoms with Gasteiger partial charge < -0.3 is 14.8 Å². The number of carbonyl (C=O) groups excluding carboxylic acids is 2. The summed E-state index contributed by atoms with van der Waals surface area (Å²) in [7, 11) is 6.93. The van der Waals surface area contributed by atoms with Crippen LogP contribution in [0.4, 0.5) is 0 Å². The molecule has 112 valence electrons. The van der Waals surface area contributed by atoms with Crippen LogP contribution in [0.3, 0.4) is 0 Å². The zero-order chi connectivity index (χ0) is 15.7. The lowest BCUT2D eigenvalue weighted by atomic mass is 10.0. The van der Waals surface area contributed by atoms with Gasteiger partial charge in [0.1, 0.15) is 7.85 Å². The van der Waals surface area contributed by atoms with Gasteiger partial charge in [-0.25, -0.2) is 0 Å². The molecule has 0 saturated carbocycles. The van der Waals surface area contributed by atoms with Crippen molar-refractivity contribution in [2.24, 2.45) is 0 Å². The summed E-state index contributed by atoms with van der Waals surface area (Å²) in [5, 5.41) is 2.75. The van der Waals surface area contributed by atoms with Crippen molar-refractivity contribution in [3.8, 4) is 0 Å². The fourth-order valence-corrected chi connectivity index (χ4v) is 1.64. The van der Waals surface area contributed by atoms with Crippen LogP contribution in [0.2, 0.25) is 0 Å². The van der Waals surface area contributed by atoms with Crippen LogP contribution < -0.4 is 5.32 Å². The van der Waals surface area contributed by atoms with E-state index >= 15 is 0 Å². The van der Waals surface area contributed by atoms with Crippen molar-refractivity contribution < 1.29 is 19.1 Å². The average molecular weight is 289 g/mol. The molecule has 1 N–H and O–H groups in total. The highest BCUT2D eigenvalue weighted by molar-refractivity contribution is 6.11. The van der Waals surface area contributed by atoms with Gasteiger partial charge in [0.15, 0.2) is 0 Å². The van der Waals surface area contributed by atoms with Gasteiger partial charge in [-0.2, -0.15) is 0 Å². The minimum Gasteiger partial charge on any atom is -0.470 e. The Kier molecular flexibility index (Phi) is 7.54. The molecule has 0 bridgehead atoms. The number of nitrogens with one attached hydrogen (secondary N) is 1. The Labute approximate surface area is 126 Å². The first kappa shape index (κ1) is 17.2. The third-order valence-electron chi connectivity index (χ3n) is 2.78. The van der Waals surface area contributed by atoms with Gasteiger partial charge in [-0.05, 0) is 12.5 Å². The highest BCUT2D eigenvalue weighted by atomic mass is 16.6. The van der Waals surface area contributed by atoms with Gasteiger partial charge in [-0.15, -0.1) is 0 Å². The van der Waals surface area contributed by atoms with Crippen molar-refractivity contribution in [3.63, 3.8) is 0 Å². The van der Waals surface area contributed by atoms with Crippen molar-refractivity contribution in [1.29, 1.82) is 0 Å². The van der Waals surface area contributed by atoms with E-state index in [1.54, 1.807) is 0 Å². The summed E-state index contributed by atoms with van der Waals surface area (Å²) in [6.45, 7) is 2.57. The molecule has 21 heavy (non-hydrogen) atoms. The highest BCUT2D eigenvalue weighted by Crippen LogP contribution is 2.03. The summed E-state index contributed by atoms with van der Waals surface area (Å²) in [6, 6.07) is 7.08. The number of carbonyl (C=O) groups is 2. The van der Waals surface area contributed by atoms with E-state index in [1.165, 1.54) is 12.7 Å². The van der Waals surface area contributed by atoms with Crippen LogP contribution in [0.15, 0.2) is 24.3 Å². The molecular formula is C15H20BNO4. The van der Waals surface area contributed by atoms with Crippen molar-refractivity contribution in [2.75, 3.05) is 13.7 Å². The predicted octanol–water partition coefficient (Wildman–Crippen LogP) is 1.08. The molecule has 1 rings (SSSR count). The standard InChI is InChI=1S/C15H20BNO4/c1-11-3-5-12(6-4-11)9-17-14(18)7-8-15(19)21-13(16)10-20-2/h3-6,13H,7-10H2,1-2H3,(H,17,18). The number of methoxy groups -OCH3 is 1. The van der Waals surface area contributed by atoms with Gasteiger partial charge in [0, 0.05) is 20.1 Å². The molecule has 2 radical (unpaired) electrons. The second-order valence-electron chi connectivity index (χ2n) is 4.75. The maximum atomic E-state index is 11.6. The Bertz CT molecular complexity index is 461. The monoisotopic (exact) mass is 289 g/mol. The van der Waals surface area contributed by atoms with E-state index < -0.39 is 12.0 Å². The molecule has 1 aromatic carbocycles. The maximum Gasteiger partial charge on any atom is 0.305 e. The van der Waals surface area contributed by atoms with Gasteiger partial charge in [-0.1, -0.05) is 29.8 Å². The smallest absolute Gasteiger partial charge is 0.305 e. The number of benzene rings is 1. The Morgan fingerprint density at radius 3 is 2.52 bits per heavy atom. The lowest BCUT2D eigenvalue weighted by molar-refractivity contribution is -0.148. The summed E-state index contributed by atoms with van der Waals surface area (Å²) in [5.74, 6) is -0.710. The van der Waals surface area contributed by atoms with Gasteiger partial charge >= 0.3 is 5.97 Å². The second kappa shape index (κ2) is 9.18. The van der Waals surface area contributed by atoms with Crippen LogP contribution in [-0.4, -0.2) is 39.4 Å². The van der Waals surface area contributed by atoms with Crippen LogP contribution in [0.1, 0.15) is 24.0 Å². The number of esters is 1. The molecule has 1 atom stereocenters. The summed E-state index contributed by atoms with van der Waals surface area (Å²) < 4.78 is 9.60. The van der Waals surface area contributed by atoms with Crippen molar-refractivity contribution in [3.05, 3.63) is 35.4 Å². The number of amides is 1. The first-order chi connectivity index (χ1) is 10.0. The molecule has 0 aliphatic carbocycles. The molecule has 0 aliphatic heterocycles. The maximum absolute atomic E-state index is 11.6. The summed E-state index contributed by atoms with van der Waals surface area (Å²) in [4.78, 5) is 23.0. The summed E-state index contributed by atoms with van der Waals surface area (Å²) in [5.41, 5.74) is 2.18. The molecule has 0 saturated heterocycles. The molecule has 5 nitrogen and oxygen atoms in total. The van der Waals surface area contributed by atoms with Crippen LogP contribution in [0, 0.1) is 6.92 Å². The Hall–Kier alpha value is -1.82. The predicted molar refractivity (Wildman–Crippen MR) is 79.8 cm³/mol. The van der Waals surface area contributed by atoms with E-state index in [0.29, 0.717) is 6.54 Å². The van der Waals surface area contributed by atoms with E-state index in [0.717, 1.165) is 5.56 Å². The second-order valence-corrected chi connectivity index (χ2v) is 4.75. The quantitative estimate of drug-likeness (QED) is 0.574. The van der Waals surface area contributed by atoms with Crippen LogP contribution in [0.5, 0.6) is 0 Å². The largest absolute Gasteiger partial charge is 0.470 e. The van der Waals surface area contributed by atoms with Crippen LogP contribution >= 0.6 is 0 Å². The fourth-order valence-electron chi connectivity index (χ4n) is 1.64. The van der Waals surface area contributed by atoms with Crippen molar-refractivity contribution >= 4 is 19.7 Å². The molecule has 0 fully saturated rings. The minimum absolute atomic E-state index is 0.00283. The zero-order valence-corrected chi connectivity index (χ0v) is 12.4. The van der Waals surface area contributed by atoms with E-state index in [2.05, 4.69) is 5.32 Å². The SMILES string of the molecule is [B]C(COC)OC(=O)CCC(=O)NCc1ccc(C)cc1. The zero-order valence-electron chi connectivity index (χ0n) is 12.4. The van der Waals surface area contributed by atoms with E-state index in [1.807, 2.05) is 31.2 Å². The molecule has 0 heterocycles. The fraction of sp³-hybridized carbons (Fsp3) is 0.467. The summed E-state index contributed by atoms with van der Waals surface area (Å²) in [6.07, 6.45) is 0.0710. The van der Waals surface area contributed by atoms with Crippen LogP contribution in [-0.2, 0) is 25.6 Å². The van der Waals surface area contributed by atoms with Gasteiger partial charge in [0.05, 0.1) is 19.0 Å². The molecule has 1 amide bonds. The third-order valence-corrected chi connectivity index (χ3v) is 2.78. The lowest BCUT2D eigenvalue weighted by Gasteiger charge is -2.12. The molecule has 6 heteroatoms. The number of ether oxygens (including phenoxy) is 2. The van der Waals surface area contributed by atoms with E-state index in [-0.39, 0.29) is 25.4 Å². The average Bonchev–Trinajstić information content (AvgIpc) is 2.44. The minimum atomic E-state index is -0.793. The first-order valence-electron chi connectivity index (χ1n) is 6.77. The molecule has 1 aromatic rings. The Balaban J connectivity index is 2.21. The van der Waals surface area contributed by atoms with E-state index in [9.17, 15) is 9.59 Å². The van der Waals surface area contributed by atoms with Gasteiger partial charge in [-0.3, -0.25) is 9.59 Å². The van der Waals surface area contributed by atoms with Gasteiger partial charge in [0.2, 0.25) is 5.91 Å². The number of hydrogen-bond acceptors (Lipinski definition) is 4. The number of hydrogen-bond donors (Lipinski definition) is 1. The third kappa shape index (κ3) is 7.51. The van der Waals surface area contributed by atoms with Gasteiger partial charge in [0.25, 0.3) is 0 Å². The molecule has 0 aliphatic rings. The Morgan fingerprint density at radius 1 is 1.24 bits per heavy atom. The van der Waals surface area contributed by atoms with Crippen molar-refractivity contribution in [2.45, 2.75) is 32.3 Å². The normalized spacial score (nSPS) is 11.7. The first-order valence-corrected chi connectivity index (χ1v) is 6.77. The topological polar surface area (TPSA) is 64.6 Å². The number of aryl methyl sites for hydroxylation is 1. The highest BCUT2D eigenvalue weighted by Gasteiger charge is 2.11. The summed E-state index contributed by atoms with van der Waals surface area (Å²) >= 11 is 0. The van der Waals surface area contributed by atoms with Crippen LogP contribution in [0.25, 0.3) is 0 Å². The van der Waals surface area contributed by atoms with E-state index in [4.69, 9.17) is 17.3 Å². The van der Waals surface area contributed by atoms with Crippen molar-refractivity contribution in [1.82, 2.24) is 5.32 Å². The Morgan fingerprint density at radius 2 is 1.90 bits per heavy atom. The molecule has 1 unspecified atom stereocenters. The molecule has 0 aromatic heterocycles. The molecule has 0 spiro atoms. The lowest BCUT2D eigenvalue weighted by Crippen LogP contribution is -2.26.